The van der Waals surface area contributed by atoms with Crippen molar-refractivity contribution in [1.29, 1.82) is 0 Å². The van der Waals surface area contributed by atoms with Gasteiger partial charge in [-0.25, -0.2) is 13.4 Å². The van der Waals surface area contributed by atoms with E-state index in [9.17, 15) is 8.42 Å². The van der Waals surface area contributed by atoms with Crippen LogP contribution in [0.1, 0.15) is 17.6 Å². The molecular weight excluding hydrogens is 438 g/mol. The van der Waals surface area contributed by atoms with E-state index in [2.05, 4.69) is 38.1 Å². The number of hydrogen-bond donors (Lipinski definition) is 0. The number of halogens is 1. The maximum absolute atomic E-state index is 12.9. The molecule has 0 unspecified atom stereocenters. The fourth-order valence-electron chi connectivity index (χ4n) is 2.90. The summed E-state index contributed by atoms with van der Waals surface area (Å²) in [5, 5.41) is 3.24. The second-order valence-corrected chi connectivity index (χ2v) is 9.80. The molecule has 142 valence electrons. The number of aromatic nitrogens is 1. The number of thiazole rings is 1. The van der Waals surface area contributed by atoms with E-state index in [4.69, 9.17) is 4.74 Å². The molecule has 0 aliphatic carbocycles. The molecule has 0 N–H and O–H groups in total. The van der Waals surface area contributed by atoms with Crippen molar-refractivity contribution >= 4 is 37.3 Å². The van der Waals surface area contributed by atoms with E-state index in [1.165, 1.54) is 0 Å². The van der Waals surface area contributed by atoms with Gasteiger partial charge < -0.3 is 4.74 Å². The number of benzene rings is 1. The van der Waals surface area contributed by atoms with Gasteiger partial charge in [0.1, 0.15) is 5.75 Å². The van der Waals surface area contributed by atoms with Crippen molar-refractivity contribution < 1.29 is 13.2 Å². The van der Waals surface area contributed by atoms with E-state index in [0.29, 0.717) is 36.4 Å². The topological polar surface area (TPSA) is 62.7 Å². The van der Waals surface area contributed by atoms with Crippen molar-refractivity contribution in [2.45, 2.75) is 24.8 Å². The van der Waals surface area contributed by atoms with Crippen LogP contribution in [-0.2, 0) is 23.0 Å². The first-order valence-corrected chi connectivity index (χ1v) is 11.5. The van der Waals surface area contributed by atoms with Crippen molar-refractivity contribution in [1.82, 2.24) is 14.2 Å². The fourth-order valence-corrected chi connectivity index (χ4v) is 5.77. The number of hydrogen-bond acceptors (Lipinski definition) is 6. The van der Waals surface area contributed by atoms with Crippen LogP contribution in [0.2, 0.25) is 0 Å². The maximum Gasteiger partial charge on any atom is 0.243 e. The summed E-state index contributed by atoms with van der Waals surface area (Å²) in [6, 6.07) is 4.86. The third kappa shape index (κ3) is 4.28. The molecule has 2 aromatic rings. The molecule has 0 atom stereocenters. The molecule has 1 aromatic carbocycles. The molecule has 1 aliphatic rings. The van der Waals surface area contributed by atoms with Gasteiger partial charge in [0.2, 0.25) is 10.0 Å². The van der Waals surface area contributed by atoms with E-state index in [-0.39, 0.29) is 4.90 Å². The molecule has 0 amide bonds. The van der Waals surface area contributed by atoms with Crippen molar-refractivity contribution in [2.75, 3.05) is 33.3 Å². The minimum absolute atomic E-state index is 0.283. The van der Waals surface area contributed by atoms with Gasteiger partial charge in [0.25, 0.3) is 0 Å². The molecule has 1 saturated heterocycles. The smallest absolute Gasteiger partial charge is 0.243 e. The summed E-state index contributed by atoms with van der Waals surface area (Å²) in [4.78, 5) is 7.13. The molecule has 0 bridgehead atoms. The molecule has 0 spiro atoms. The van der Waals surface area contributed by atoms with Crippen molar-refractivity contribution in [3.63, 3.8) is 0 Å². The van der Waals surface area contributed by atoms with Crippen LogP contribution in [0.15, 0.2) is 32.9 Å². The second-order valence-electron chi connectivity index (χ2n) is 6.06. The lowest BCUT2D eigenvalue weighted by molar-refractivity contribution is 0.180. The Balaban J connectivity index is 1.64. The Kier molecular flexibility index (Phi) is 6.34. The third-order valence-corrected chi connectivity index (χ3v) is 7.94. The molecule has 1 fully saturated rings. The third-order valence-electron chi connectivity index (χ3n) is 4.38. The average molecular weight is 460 g/mol. The van der Waals surface area contributed by atoms with Gasteiger partial charge in [-0.3, -0.25) is 4.90 Å². The summed E-state index contributed by atoms with van der Waals surface area (Å²) in [6.07, 6.45) is 0.952. The van der Waals surface area contributed by atoms with Gasteiger partial charge in [0.05, 0.1) is 27.2 Å². The zero-order valence-electron chi connectivity index (χ0n) is 14.8. The lowest BCUT2D eigenvalue weighted by Crippen LogP contribution is -2.48. The SMILES string of the molecule is CCc1nc(CN2CCN(S(=O)(=O)c3ccc(OC)c(Br)c3)CC2)cs1. The Morgan fingerprint density at radius 2 is 2.00 bits per heavy atom. The quantitative estimate of drug-likeness (QED) is 0.664. The van der Waals surface area contributed by atoms with Gasteiger partial charge >= 0.3 is 0 Å². The first-order valence-electron chi connectivity index (χ1n) is 8.43. The zero-order chi connectivity index (χ0) is 18.7. The van der Waals surface area contributed by atoms with Crippen LogP contribution in [0.4, 0.5) is 0 Å². The summed E-state index contributed by atoms with van der Waals surface area (Å²) >= 11 is 5.04. The molecule has 0 saturated carbocycles. The normalized spacial score (nSPS) is 16.7. The molecule has 9 heteroatoms. The fraction of sp³-hybridized carbons (Fsp3) is 0.471. The Bertz CT molecular complexity index is 862. The largest absolute Gasteiger partial charge is 0.496 e. The highest BCUT2D eigenvalue weighted by Gasteiger charge is 2.29. The Morgan fingerprint density at radius 3 is 2.58 bits per heavy atom. The number of nitrogens with zero attached hydrogens (tertiary/aromatic N) is 3. The van der Waals surface area contributed by atoms with Gasteiger partial charge in [-0.1, -0.05) is 6.92 Å². The summed E-state index contributed by atoms with van der Waals surface area (Å²) in [5.41, 5.74) is 1.07. The Morgan fingerprint density at radius 1 is 1.27 bits per heavy atom. The number of aryl methyl sites for hydroxylation is 1. The standard InChI is InChI=1S/C17H22BrN3O3S2/c1-3-17-19-13(12-25-17)11-20-6-8-21(9-7-20)26(22,23)14-4-5-16(24-2)15(18)10-14/h4-5,10,12H,3,6-9,11H2,1-2H3. The highest BCUT2D eigenvalue weighted by molar-refractivity contribution is 9.10. The van der Waals surface area contributed by atoms with Gasteiger partial charge in [0, 0.05) is 38.1 Å². The first-order chi connectivity index (χ1) is 12.4. The minimum atomic E-state index is -3.50. The van der Waals surface area contributed by atoms with Crippen molar-refractivity contribution in [3.05, 3.63) is 38.8 Å². The Labute approximate surface area is 167 Å². The lowest BCUT2D eigenvalue weighted by atomic mass is 10.3. The number of ether oxygens (including phenoxy) is 1. The van der Waals surface area contributed by atoms with E-state index in [1.54, 1.807) is 41.0 Å². The lowest BCUT2D eigenvalue weighted by Gasteiger charge is -2.33. The van der Waals surface area contributed by atoms with Crippen LogP contribution < -0.4 is 4.74 Å². The van der Waals surface area contributed by atoms with Gasteiger partial charge in [0.15, 0.2) is 0 Å². The summed E-state index contributed by atoms with van der Waals surface area (Å²) in [5.74, 6) is 0.614. The molecule has 2 heterocycles. The zero-order valence-corrected chi connectivity index (χ0v) is 18.0. The number of methoxy groups -OCH3 is 1. The molecule has 6 nitrogen and oxygen atoms in total. The van der Waals surface area contributed by atoms with E-state index in [1.807, 2.05) is 0 Å². The summed E-state index contributed by atoms with van der Waals surface area (Å²) in [6.45, 7) is 5.25. The molecule has 3 rings (SSSR count). The van der Waals surface area contributed by atoms with E-state index >= 15 is 0 Å². The number of piperazine rings is 1. The van der Waals surface area contributed by atoms with Crippen molar-refractivity contribution in [2.24, 2.45) is 0 Å². The van der Waals surface area contributed by atoms with Crippen LogP contribution >= 0.6 is 27.3 Å². The van der Waals surface area contributed by atoms with E-state index in [0.717, 1.165) is 23.7 Å². The molecule has 1 aliphatic heterocycles. The van der Waals surface area contributed by atoms with Crippen LogP contribution in [-0.4, -0.2) is 55.9 Å². The van der Waals surface area contributed by atoms with Crippen LogP contribution in [0, 0.1) is 0 Å². The molecular formula is C17H22BrN3O3S2. The molecule has 1 aromatic heterocycles. The van der Waals surface area contributed by atoms with Crippen LogP contribution in [0.25, 0.3) is 0 Å². The van der Waals surface area contributed by atoms with E-state index < -0.39 is 10.0 Å². The predicted molar refractivity (Wildman–Crippen MR) is 106 cm³/mol. The van der Waals surface area contributed by atoms with Gasteiger partial charge in [-0.15, -0.1) is 11.3 Å². The average Bonchev–Trinajstić information content (AvgIpc) is 3.09. The number of sulfonamides is 1. The summed E-state index contributed by atoms with van der Waals surface area (Å²) < 4.78 is 33.1. The predicted octanol–water partition coefficient (Wildman–Crippen LogP) is 2.98. The molecule has 26 heavy (non-hydrogen) atoms. The highest BCUT2D eigenvalue weighted by atomic mass is 79.9. The van der Waals surface area contributed by atoms with Crippen LogP contribution in [0.3, 0.4) is 0 Å². The minimum Gasteiger partial charge on any atom is -0.496 e. The van der Waals surface area contributed by atoms with Gasteiger partial charge in [-0.2, -0.15) is 4.31 Å². The first kappa shape index (κ1) is 19.8. The van der Waals surface area contributed by atoms with Crippen molar-refractivity contribution in [3.8, 4) is 5.75 Å². The number of rotatable bonds is 6. The Hall–Kier alpha value is -1.000. The van der Waals surface area contributed by atoms with Gasteiger partial charge in [-0.05, 0) is 40.5 Å². The van der Waals surface area contributed by atoms with Crippen LogP contribution in [0.5, 0.6) is 5.75 Å². The second kappa shape index (κ2) is 8.35. The summed E-state index contributed by atoms with van der Waals surface area (Å²) in [7, 11) is -1.94. The maximum atomic E-state index is 12.9. The monoisotopic (exact) mass is 459 g/mol. The highest BCUT2D eigenvalue weighted by Crippen LogP contribution is 2.29. The molecule has 0 radical (unpaired) electrons.